The highest BCUT2D eigenvalue weighted by Gasteiger charge is 2.27. The molecule has 1 fully saturated rings. The molecule has 6 nitrogen and oxygen atoms in total. The molecule has 1 aromatic rings. The van der Waals surface area contributed by atoms with E-state index in [1.54, 1.807) is 12.1 Å². The lowest BCUT2D eigenvalue weighted by molar-refractivity contribution is -0.384. The number of rotatable bonds is 3. The normalized spacial score (nSPS) is 22.4. The van der Waals surface area contributed by atoms with E-state index in [0.717, 1.165) is 12.8 Å². The Hall–Kier alpha value is -2.13. The van der Waals surface area contributed by atoms with Gasteiger partial charge in [0.1, 0.15) is 5.69 Å². The number of hydrogen-bond acceptors (Lipinski definition) is 5. The van der Waals surface area contributed by atoms with E-state index in [1.807, 2.05) is 6.07 Å². The lowest BCUT2D eigenvalue weighted by Gasteiger charge is -2.33. The van der Waals surface area contributed by atoms with Gasteiger partial charge in [-0.05, 0) is 25.0 Å². The highest BCUT2D eigenvalue weighted by molar-refractivity contribution is 5.64. The van der Waals surface area contributed by atoms with E-state index in [2.05, 4.69) is 5.32 Å². The maximum atomic E-state index is 10.9. The molecular formula is C11H12N4O2. The molecule has 0 spiro atoms. The summed E-state index contributed by atoms with van der Waals surface area (Å²) in [4.78, 5) is 10.4. The highest BCUT2D eigenvalue weighted by atomic mass is 16.6. The van der Waals surface area contributed by atoms with E-state index in [4.69, 9.17) is 11.0 Å². The van der Waals surface area contributed by atoms with E-state index in [0.29, 0.717) is 5.69 Å². The molecule has 0 bridgehead atoms. The zero-order valence-corrected chi connectivity index (χ0v) is 9.09. The first kappa shape index (κ1) is 11.4. The molecule has 6 heteroatoms. The van der Waals surface area contributed by atoms with Gasteiger partial charge >= 0.3 is 0 Å². The third-order valence-corrected chi connectivity index (χ3v) is 2.86. The van der Waals surface area contributed by atoms with Crippen LogP contribution in [0.5, 0.6) is 0 Å². The Kier molecular flexibility index (Phi) is 2.93. The first-order chi connectivity index (χ1) is 8.10. The first-order valence-corrected chi connectivity index (χ1v) is 5.31. The molecule has 0 heterocycles. The molecule has 0 saturated heterocycles. The van der Waals surface area contributed by atoms with E-state index in [-0.39, 0.29) is 23.3 Å². The maximum absolute atomic E-state index is 10.9. The highest BCUT2D eigenvalue weighted by Crippen LogP contribution is 2.29. The van der Waals surface area contributed by atoms with Gasteiger partial charge in [0.15, 0.2) is 0 Å². The minimum absolute atomic E-state index is 0.0653. The number of nitrogens with zero attached hydrogens (tertiary/aromatic N) is 2. The minimum atomic E-state index is -0.484. The van der Waals surface area contributed by atoms with Gasteiger partial charge in [0.2, 0.25) is 0 Å². The summed E-state index contributed by atoms with van der Waals surface area (Å²) in [6, 6.07) is 6.67. The van der Waals surface area contributed by atoms with Gasteiger partial charge in [-0.2, -0.15) is 5.26 Å². The fourth-order valence-corrected chi connectivity index (χ4v) is 1.87. The number of anilines is 1. The van der Waals surface area contributed by atoms with Gasteiger partial charge in [-0.25, -0.2) is 0 Å². The number of nitriles is 1. The Labute approximate surface area is 98.2 Å². The Morgan fingerprint density at radius 3 is 2.76 bits per heavy atom. The summed E-state index contributed by atoms with van der Waals surface area (Å²) in [7, 11) is 0. The van der Waals surface area contributed by atoms with Gasteiger partial charge in [0, 0.05) is 18.2 Å². The molecule has 0 aliphatic heterocycles. The van der Waals surface area contributed by atoms with Crippen molar-refractivity contribution in [1.82, 2.24) is 0 Å². The SMILES string of the molecule is N#Cc1ccc(NC2CC(N)C2)c([N+](=O)[O-])c1. The molecule has 1 saturated carbocycles. The van der Waals surface area contributed by atoms with Crippen LogP contribution in [0.4, 0.5) is 11.4 Å². The fraction of sp³-hybridized carbons (Fsp3) is 0.364. The Morgan fingerprint density at radius 2 is 2.24 bits per heavy atom. The van der Waals surface area contributed by atoms with Crippen LogP contribution in [0.2, 0.25) is 0 Å². The lowest BCUT2D eigenvalue weighted by atomic mass is 9.87. The Bertz CT molecular complexity index is 489. The van der Waals surface area contributed by atoms with Gasteiger partial charge in [-0.1, -0.05) is 0 Å². The molecule has 0 amide bonds. The predicted octanol–water partition coefficient (Wildman–Crippen LogP) is 1.37. The number of nitro groups is 1. The lowest BCUT2D eigenvalue weighted by Crippen LogP contribution is -2.44. The fourth-order valence-electron chi connectivity index (χ4n) is 1.87. The van der Waals surface area contributed by atoms with Crippen LogP contribution < -0.4 is 11.1 Å². The zero-order valence-electron chi connectivity index (χ0n) is 9.09. The molecular weight excluding hydrogens is 220 g/mol. The predicted molar refractivity (Wildman–Crippen MR) is 62.4 cm³/mol. The van der Waals surface area contributed by atoms with Crippen LogP contribution in [0.25, 0.3) is 0 Å². The average Bonchev–Trinajstić information content (AvgIpc) is 2.27. The summed E-state index contributed by atoms with van der Waals surface area (Å²) < 4.78 is 0. The van der Waals surface area contributed by atoms with Crippen molar-refractivity contribution in [3.8, 4) is 6.07 Å². The zero-order chi connectivity index (χ0) is 12.4. The maximum Gasteiger partial charge on any atom is 0.293 e. The van der Waals surface area contributed by atoms with Crippen molar-refractivity contribution >= 4 is 11.4 Å². The van der Waals surface area contributed by atoms with Crippen molar-refractivity contribution in [2.24, 2.45) is 5.73 Å². The van der Waals surface area contributed by atoms with Crippen molar-refractivity contribution in [3.05, 3.63) is 33.9 Å². The summed E-state index contributed by atoms with van der Waals surface area (Å²) in [5.41, 5.74) is 6.32. The molecule has 3 N–H and O–H groups in total. The van der Waals surface area contributed by atoms with Crippen LogP contribution in [0.15, 0.2) is 18.2 Å². The molecule has 2 rings (SSSR count). The third kappa shape index (κ3) is 2.34. The van der Waals surface area contributed by atoms with E-state index >= 15 is 0 Å². The van der Waals surface area contributed by atoms with Crippen LogP contribution >= 0.6 is 0 Å². The number of benzene rings is 1. The monoisotopic (exact) mass is 232 g/mol. The van der Waals surface area contributed by atoms with E-state index < -0.39 is 4.92 Å². The van der Waals surface area contributed by atoms with Crippen molar-refractivity contribution < 1.29 is 4.92 Å². The summed E-state index contributed by atoms with van der Waals surface area (Å²) in [6.07, 6.45) is 1.63. The minimum Gasteiger partial charge on any atom is -0.377 e. The Balaban J connectivity index is 2.21. The quantitative estimate of drug-likeness (QED) is 0.604. The summed E-state index contributed by atoms with van der Waals surface area (Å²) in [5.74, 6) is 0. The van der Waals surface area contributed by atoms with Crippen LogP contribution in [0.3, 0.4) is 0 Å². The topological polar surface area (TPSA) is 105 Å². The van der Waals surface area contributed by atoms with E-state index in [1.165, 1.54) is 6.07 Å². The molecule has 1 aliphatic rings. The summed E-state index contributed by atoms with van der Waals surface area (Å²) in [6.45, 7) is 0. The molecule has 1 aromatic carbocycles. The molecule has 0 atom stereocenters. The standard InChI is InChI=1S/C11H12N4O2/c12-6-7-1-2-10(11(3-7)15(16)17)14-9-4-8(13)5-9/h1-3,8-9,14H,4-5,13H2. The molecule has 17 heavy (non-hydrogen) atoms. The second-order valence-electron chi connectivity index (χ2n) is 4.17. The van der Waals surface area contributed by atoms with Crippen LogP contribution in [0, 0.1) is 21.4 Å². The van der Waals surface area contributed by atoms with Crippen molar-refractivity contribution in [2.75, 3.05) is 5.32 Å². The van der Waals surface area contributed by atoms with Crippen molar-refractivity contribution in [1.29, 1.82) is 5.26 Å². The molecule has 1 aliphatic carbocycles. The molecule has 88 valence electrons. The summed E-state index contributed by atoms with van der Waals surface area (Å²) in [5, 5.41) is 22.7. The number of hydrogen-bond donors (Lipinski definition) is 2. The van der Waals surface area contributed by atoms with Gasteiger partial charge in [0.05, 0.1) is 16.6 Å². The third-order valence-electron chi connectivity index (χ3n) is 2.86. The van der Waals surface area contributed by atoms with Crippen LogP contribution in [-0.4, -0.2) is 17.0 Å². The molecule has 0 unspecified atom stereocenters. The van der Waals surface area contributed by atoms with E-state index in [9.17, 15) is 10.1 Å². The van der Waals surface area contributed by atoms with Gasteiger partial charge in [-0.3, -0.25) is 10.1 Å². The number of nitrogens with two attached hydrogens (primary N) is 1. The van der Waals surface area contributed by atoms with Gasteiger partial charge in [-0.15, -0.1) is 0 Å². The second kappa shape index (κ2) is 4.39. The van der Waals surface area contributed by atoms with Crippen molar-refractivity contribution in [2.45, 2.75) is 24.9 Å². The van der Waals surface area contributed by atoms with Gasteiger partial charge in [0.25, 0.3) is 5.69 Å². The van der Waals surface area contributed by atoms with Gasteiger partial charge < -0.3 is 11.1 Å². The molecule has 0 radical (unpaired) electrons. The number of nitrogens with one attached hydrogen (secondary N) is 1. The Morgan fingerprint density at radius 1 is 1.53 bits per heavy atom. The van der Waals surface area contributed by atoms with Crippen LogP contribution in [-0.2, 0) is 0 Å². The summed E-state index contributed by atoms with van der Waals surface area (Å²) >= 11 is 0. The number of nitro benzene ring substituents is 1. The second-order valence-corrected chi connectivity index (χ2v) is 4.17. The largest absolute Gasteiger partial charge is 0.377 e. The smallest absolute Gasteiger partial charge is 0.293 e. The van der Waals surface area contributed by atoms with Crippen LogP contribution in [0.1, 0.15) is 18.4 Å². The average molecular weight is 232 g/mol. The van der Waals surface area contributed by atoms with Crippen molar-refractivity contribution in [3.63, 3.8) is 0 Å². The molecule has 0 aromatic heterocycles. The first-order valence-electron chi connectivity index (χ1n) is 5.31.